The van der Waals surface area contributed by atoms with Crippen LogP contribution < -0.4 is 14.9 Å². The molecule has 0 saturated heterocycles. The summed E-state index contributed by atoms with van der Waals surface area (Å²) >= 11 is 2.10. The van der Waals surface area contributed by atoms with Crippen LogP contribution in [0.2, 0.25) is 0 Å². The molecule has 0 saturated carbocycles. The molecule has 0 unspecified atom stereocenters. The molecule has 0 fully saturated rings. The maximum atomic E-state index is 10.9. The van der Waals surface area contributed by atoms with Crippen molar-refractivity contribution in [1.82, 2.24) is 5.43 Å². The van der Waals surface area contributed by atoms with Gasteiger partial charge in [-0.3, -0.25) is 14.9 Å². The first-order valence-electron chi connectivity index (χ1n) is 7.44. The number of benzene rings is 2. The number of hydrazone groups is 1. The summed E-state index contributed by atoms with van der Waals surface area (Å²) in [4.78, 5) is 21.3. The molecule has 8 nitrogen and oxygen atoms in total. The quantitative estimate of drug-likeness (QED) is 0.290. The number of carbonyl (C=O) groups is 1. The van der Waals surface area contributed by atoms with E-state index in [-0.39, 0.29) is 18.2 Å². The lowest BCUT2D eigenvalue weighted by molar-refractivity contribution is -0.384. The molecule has 0 spiro atoms. The average molecular weight is 469 g/mol. The number of hydrogen-bond acceptors (Lipinski definition) is 6. The highest BCUT2D eigenvalue weighted by Gasteiger charge is 2.12. The van der Waals surface area contributed by atoms with E-state index in [1.54, 1.807) is 18.2 Å². The van der Waals surface area contributed by atoms with E-state index in [0.29, 0.717) is 17.1 Å². The number of halogens is 1. The van der Waals surface area contributed by atoms with Gasteiger partial charge < -0.3 is 9.47 Å². The molecule has 0 atom stereocenters. The number of non-ortho nitro benzene ring substituents is 1. The van der Waals surface area contributed by atoms with Gasteiger partial charge in [0.1, 0.15) is 6.61 Å². The number of methoxy groups -OCH3 is 1. The summed E-state index contributed by atoms with van der Waals surface area (Å²) in [5.74, 6) is 0.753. The van der Waals surface area contributed by atoms with E-state index in [9.17, 15) is 14.9 Å². The first-order chi connectivity index (χ1) is 12.4. The summed E-state index contributed by atoms with van der Waals surface area (Å²) in [7, 11) is 1.51. The highest BCUT2D eigenvalue weighted by atomic mass is 127. The summed E-state index contributed by atoms with van der Waals surface area (Å²) in [6.45, 7) is 1.53. The molecule has 2 aromatic carbocycles. The standard InChI is InChI=1S/C17H16IN3O5/c1-11(22)20-19-9-13-7-15(18)17(16(8-13)25-2)26-10-12-4-3-5-14(6-12)21(23)24/h3-9H,10H2,1-2H3,(H,20,22)/b19-9-. The van der Waals surface area contributed by atoms with Gasteiger partial charge in [0.05, 0.1) is 21.8 Å². The zero-order chi connectivity index (χ0) is 19.1. The Labute approximate surface area is 163 Å². The highest BCUT2D eigenvalue weighted by Crippen LogP contribution is 2.34. The molecule has 0 radical (unpaired) electrons. The normalized spacial score (nSPS) is 10.6. The van der Waals surface area contributed by atoms with Crippen LogP contribution in [0.5, 0.6) is 11.5 Å². The summed E-state index contributed by atoms with van der Waals surface area (Å²) in [6.07, 6.45) is 1.50. The van der Waals surface area contributed by atoms with Crippen LogP contribution in [-0.2, 0) is 11.4 Å². The molecule has 2 aromatic rings. The van der Waals surface area contributed by atoms with Gasteiger partial charge in [-0.2, -0.15) is 5.10 Å². The van der Waals surface area contributed by atoms with Crippen molar-refractivity contribution >= 4 is 40.4 Å². The van der Waals surface area contributed by atoms with Crippen molar-refractivity contribution in [2.75, 3.05) is 7.11 Å². The minimum Gasteiger partial charge on any atom is -0.493 e. The molecule has 26 heavy (non-hydrogen) atoms. The van der Waals surface area contributed by atoms with Crippen LogP contribution in [0.25, 0.3) is 0 Å². The second kappa shape index (κ2) is 9.13. The molecule has 136 valence electrons. The molecule has 0 heterocycles. The summed E-state index contributed by atoms with van der Waals surface area (Å²) in [5.41, 5.74) is 3.74. The van der Waals surface area contributed by atoms with Gasteiger partial charge in [-0.25, -0.2) is 5.43 Å². The summed E-state index contributed by atoms with van der Waals surface area (Å²) < 4.78 is 11.9. The van der Waals surface area contributed by atoms with E-state index in [4.69, 9.17) is 9.47 Å². The van der Waals surface area contributed by atoms with Crippen molar-refractivity contribution in [2.24, 2.45) is 5.10 Å². The zero-order valence-corrected chi connectivity index (χ0v) is 16.2. The van der Waals surface area contributed by atoms with Crippen molar-refractivity contribution in [2.45, 2.75) is 13.5 Å². The Morgan fingerprint density at radius 1 is 1.38 bits per heavy atom. The fourth-order valence-corrected chi connectivity index (χ4v) is 2.85. The SMILES string of the molecule is COc1cc(/C=N\NC(C)=O)cc(I)c1OCc1cccc([N+](=O)[O-])c1. The maximum Gasteiger partial charge on any atom is 0.269 e. The molecule has 1 amide bonds. The second-order valence-electron chi connectivity index (χ2n) is 5.18. The molecule has 0 aliphatic heterocycles. The lowest BCUT2D eigenvalue weighted by atomic mass is 10.2. The van der Waals surface area contributed by atoms with Crippen LogP contribution in [-0.4, -0.2) is 24.2 Å². The van der Waals surface area contributed by atoms with Crippen LogP contribution in [0, 0.1) is 13.7 Å². The molecular weight excluding hydrogens is 453 g/mol. The van der Waals surface area contributed by atoms with E-state index >= 15 is 0 Å². The lowest BCUT2D eigenvalue weighted by Gasteiger charge is -2.13. The van der Waals surface area contributed by atoms with Gasteiger partial charge in [0.25, 0.3) is 5.69 Å². The van der Waals surface area contributed by atoms with Gasteiger partial charge >= 0.3 is 0 Å². The number of hydrogen-bond donors (Lipinski definition) is 1. The monoisotopic (exact) mass is 469 g/mol. The van der Waals surface area contributed by atoms with E-state index in [2.05, 4.69) is 33.1 Å². The Hall–Kier alpha value is -2.69. The Kier molecular flexibility index (Phi) is 6.89. The van der Waals surface area contributed by atoms with Crippen LogP contribution in [0.1, 0.15) is 18.1 Å². The fourth-order valence-electron chi connectivity index (χ4n) is 2.07. The summed E-state index contributed by atoms with van der Waals surface area (Å²) in [6, 6.07) is 9.79. The van der Waals surface area contributed by atoms with Crippen molar-refractivity contribution in [1.29, 1.82) is 0 Å². The van der Waals surface area contributed by atoms with E-state index in [1.165, 1.54) is 32.4 Å². The Morgan fingerprint density at radius 2 is 2.15 bits per heavy atom. The number of nitrogens with one attached hydrogen (secondary N) is 1. The van der Waals surface area contributed by atoms with Crippen molar-refractivity contribution in [3.8, 4) is 11.5 Å². The van der Waals surface area contributed by atoms with Crippen LogP contribution in [0.15, 0.2) is 41.5 Å². The number of rotatable bonds is 7. The lowest BCUT2D eigenvalue weighted by Crippen LogP contribution is -2.12. The molecule has 0 aliphatic carbocycles. The van der Waals surface area contributed by atoms with Crippen molar-refractivity contribution in [3.63, 3.8) is 0 Å². The van der Waals surface area contributed by atoms with E-state index in [1.807, 2.05) is 6.07 Å². The van der Waals surface area contributed by atoms with Gasteiger partial charge in [0, 0.05) is 19.1 Å². The maximum absolute atomic E-state index is 10.9. The van der Waals surface area contributed by atoms with Gasteiger partial charge in [0.15, 0.2) is 11.5 Å². The first kappa shape index (κ1) is 19.6. The van der Waals surface area contributed by atoms with Crippen LogP contribution in [0.3, 0.4) is 0 Å². The molecule has 0 bridgehead atoms. The molecule has 2 rings (SSSR count). The number of carbonyl (C=O) groups excluding carboxylic acids is 1. The van der Waals surface area contributed by atoms with Crippen molar-refractivity contribution in [3.05, 3.63) is 61.2 Å². The predicted octanol–water partition coefficient (Wildman–Crippen LogP) is 3.26. The van der Waals surface area contributed by atoms with Gasteiger partial charge in [-0.05, 0) is 45.9 Å². The Morgan fingerprint density at radius 3 is 2.81 bits per heavy atom. The van der Waals surface area contributed by atoms with Gasteiger partial charge in [-0.15, -0.1) is 0 Å². The topological polar surface area (TPSA) is 103 Å². The largest absolute Gasteiger partial charge is 0.493 e. The zero-order valence-electron chi connectivity index (χ0n) is 14.1. The number of nitro benzene ring substituents is 1. The van der Waals surface area contributed by atoms with E-state index < -0.39 is 4.92 Å². The summed E-state index contributed by atoms with van der Waals surface area (Å²) in [5, 5.41) is 14.7. The fraction of sp³-hybridized carbons (Fsp3) is 0.176. The third kappa shape index (κ3) is 5.41. The molecule has 1 N–H and O–H groups in total. The third-order valence-electron chi connectivity index (χ3n) is 3.19. The molecule has 9 heteroatoms. The Bertz CT molecular complexity index is 854. The highest BCUT2D eigenvalue weighted by molar-refractivity contribution is 14.1. The van der Waals surface area contributed by atoms with Crippen molar-refractivity contribution < 1.29 is 19.2 Å². The van der Waals surface area contributed by atoms with Gasteiger partial charge in [0.2, 0.25) is 5.91 Å². The number of amides is 1. The Balaban J connectivity index is 2.18. The molecular formula is C17H16IN3O5. The second-order valence-corrected chi connectivity index (χ2v) is 6.34. The average Bonchev–Trinajstić information content (AvgIpc) is 2.60. The first-order valence-corrected chi connectivity index (χ1v) is 8.52. The third-order valence-corrected chi connectivity index (χ3v) is 3.99. The smallest absolute Gasteiger partial charge is 0.269 e. The van der Waals surface area contributed by atoms with Crippen LogP contribution in [0.4, 0.5) is 5.69 Å². The van der Waals surface area contributed by atoms with Crippen LogP contribution >= 0.6 is 22.6 Å². The number of nitrogens with zero attached hydrogens (tertiary/aromatic N) is 2. The predicted molar refractivity (Wildman–Crippen MR) is 105 cm³/mol. The van der Waals surface area contributed by atoms with Gasteiger partial charge in [-0.1, -0.05) is 12.1 Å². The number of ether oxygens (including phenoxy) is 2. The molecule has 0 aliphatic rings. The minimum absolute atomic E-state index is 0.0114. The minimum atomic E-state index is -0.447. The molecule has 0 aromatic heterocycles. The van der Waals surface area contributed by atoms with E-state index in [0.717, 1.165) is 9.13 Å². The number of nitro groups is 1.